The second kappa shape index (κ2) is 12.0. The van der Waals surface area contributed by atoms with E-state index >= 15 is 0 Å². The molecule has 2 unspecified atom stereocenters. The number of aliphatic carboxylic acids is 1. The molecule has 1 aliphatic carbocycles. The molecular weight excluding hydrogens is 296 g/mol. The Morgan fingerprint density at radius 2 is 1.86 bits per heavy atom. The van der Waals surface area contributed by atoms with Crippen molar-refractivity contribution in [1.29, 1.82) is 0 Å². The van der Waals surface area contributed by atoms with Gasteiger partial charge in [0.15, 0.2) is 0 Å². The maximum absolute atomic E-state index is 12.0. The predicted molar refractivity (Wildman–Crippen MR) is 93.5 cm³/mol. The molecule has 3 nitrogen and oxygen atoms in total. The molecule has 1 aliphatic rings. The number of unbranched alkanes of at least 4 members (excludes halogenated alkanes) is 6. The van der Waals surface area contributed by atoms with Gasteiger partial charge in [-0.25, -0.2) is 0 Å². The third-order valence-corrected chi connectivity index (χ3v) is 6.04. The Hall–Kier alpha value is -0.510. The molecule has 0 spiro atoms. The molecule has 0 radical (unpaired) electrons. The third kappa shape index (κ3) is 8.21. The first-order chi connectivity index (χ1) is 10.6. The maximum Gasteiger partial charge on any atom is 0.303 e. The summed E-state index contributed by atoms with van der Waals surface area (Å²) in [5.41, 5.74) is 0. The van der Waals surface area contributed by atoms with Crippen molar-refractivity contribution in [2.24, 2.45) is 5.92 Å². The molecule has 0 saturated heterocycles. The van der Waals surface area contributed by atoms with Gasteiger partial charge in [0, 0.05) is 24.0 Å². The highest BCUT2D eigenvalue weighted by molar-refractivity contribution is 7.99. The number of Topliss-reactive ketones (excluding diaryl/α,β-unsaturated/α-hetero) is 1. The zero-order chi connectivity index (χ0) is 16.2. The van der Waals surface area contributed by atoms with Crippen LogP contribution in [0.3, 0.4) is 0 Å². The highest BCUT2D eigenvalue weighted by Crippen LogP contribution is 2.36. The lowest BCUT2D eigenvalue weighted by atomic mass is 9.98. The Bertz CT molecular complexity index is 330. The van der Waals surface area contributed by atoms with E-state index in [4.69, 9.17) is 5.11 Å². The van der Waals surface area contributed by atoms with Gasteiger partial charge in [0.05, 0.1) is 0 Å². The number of carbonyl (C=O) groups excluding carboxylic acids is 1. The van der Waals surface area contributed by atoms with Crippen LogP contribution in [-0.4, -0.2) is 27.9 Å². The second-order valence-electron chi connectivity index (χ2n) is 6.43. The van der Waals surface area contributed by atoms with Crippen molar-refractivity contribution >= 4 is 23.5 Å². The monoisotopic (exact) mass is 328 g/mol. The van der Waals surface area contributed by atoms with Crippen LogP contribution < -0.4 is 0 Å². The molecule has 128 valence electrons. The second-order valence-corrected chi connectivity index (χ2v) is 7.78. The number of carboxylic acids is 1. The van der Waals surface area contributed by atoms with Crippen molar-refractivity contribution < 1.29 is 14.7 Å². The molecule has 2 atom stereocenters. The van der Waals surface area contributed by atoms with Gasteiger partial charge < -0.3 is 5.11 Å². The van der Waals surface area contributed by atoms with Crippen LogP contribution in [0.15, 0.2) is 0 Å². The lowest BCUT2D eigenvalue weighted by molar-refractivity contribution is -0.137. The van der Waals surface area contributed by atoms with Crippen LogP contribution in [-0.2, 0) is 9.59 Å². The van der Waals surface area contributed by atoms with Crippen LogP contribution in [0.25, 0.3) is 0 Å². The van der Waals surface area contributed by atoms with Crippen molar-refractivity contribution in [3.05, 3.63) is 0 Å². The average molecular weight is 329 g/mol. The zero-order valence-electron chi connectivity index (χ0n) is 14.0. The standard InChI is InChI=1S/C18H32O3S/c1-2-3-4-9-14-22-17-13-12-16(19)15(17)10-7-5-6-8-11-18(20)21/h15,17H,2-14H2,1H3,(H,20,21). The summed E-state index contributed by atoms with van der Waals surface area (Å²) in [4.78, 5) is 22.5. The molecule has 0 bridgehead atoms. The Morgan fingerprint density at radius 1 is 1.14 bits per heavy atom. The van der Waals surface area contributed by atoms with Gasteiger partial charge in [0.2, 0.25) is 0 Å². The predicted octanol–water partition coefficient (Wildman–Crippen LogP) is 5.07. The van der Waals surface area contributed by atoms with Crippen LogP contribution in [0.4, 0.5) is 0 Å². The summed E-state index contributed by atoms with van der Waals surface area (Å²) in [6.45, 7) is 2.23. The minimum Gasteiger partial charge on any atom is -0.481 e. The van der Waals surface area contributed by atoms with E-state index in [2.05, 4.69) is 6.92 Å². The first-order valence-corrected chi connectivity index (χ1v) is 10.1. The van der Waals surface area contributed by atoms with E-state index in [0.717, 1.165) is 44.9 Å². The van der Waals surface area contributed by atoms with Gasteiger partial charge in [-0.3, -0.25) is 9.59 Å². The van der Waals surface area contributed by atoms with Crippen LogP contribution in [0.2, 0.25) is 0 Å². The summed E-state index contributed by atoms with van der Waals surface area (Å²) in [6, 6.07) is 0. The van der Waals surface area contributed by atoms with Gasteiger partial charge in [-0.2, -0.15) is 11.8 Å². The highest BCUT2D eigenvalue weighted by atomic mass is 32.2. The average Bonchev–Trinajstić information content (AvgIpc) is 2.83. The summed E-state index contributed by atoms with van der Waals surface area (Å²) in [5, 5.41) is 9.15. The fourth-order valence-electron chi connectivity index (χ4n) is 3.18. The van der Waals surface area contributed by atoms with Crippen LogP contribution in [0.5, 0.6) is 0 Å². The largest absolute Gasteiger partial charge is 0.481 e. The van der Waals surface area contributed by atoms with Crippen molar-refractivity contribution in [1.82, 2.24) is 0 Å². The fraction of sp³-hybridized carbons (Fsp3) is 0.889. The van der Waals surface area contributed by atoms with E-state index in [1.165, 1.54) is 31.4 Å². The molecule has 0 aliphatic heterocycles. The Kier molecular flexibility index (Phi) is 10.6. The topological polar surface area (TPSA) is 54.4 Å². The van der Waals surface area contributed by atoms with Gasteiger partial charge >= 0.3 is 5.97 Å². The zero-order valence-corrected chi connectivity index (χ0v) is 14.8. The van der Waals surface area contributed by atoms with Gasteiger partial charge in [-0.15, -0.1) is 0 Å². The van der Waals surface area contributed by atoms with Gasteiger partial charge in [0.1, 0.15) is 5.78 Å². The van der Waals surface area contributed by atoms with Gasteiger partial charge in [-0.1, -0.05) is 45.4 Å². The first kappa shape index (κ1) is 19.5. The number of rotatable bonds is 13. The Labute approximate surface area is 139 Å². The Morgan fingerprint density at radius 3 is 2.59 bits per heavy atom. The third-order valence-electron chi connectivity index (χ3n) is 4.52. The van der Waals surface area contributed by atoms with Crippen molar-refractivity contribution in [3.8, 4) is 0 Å². The highest BCUT2D eigenvalue weighted by Gasteiger charge is 2.33. The number of carbonyl (C=O) groups is 2. The van der Waals surface area contributed by atoms with E-state index in [9.17, 15) is 9.59 Å². The minimum atomic E-state index is -0.703. The fourth-order valence-corrected chi connectivity index (χ4v) is 4.66. The Balaban J connectivity index is 2.13. The molecule has 1 fully saturated rings. The quantitative estimate of drug-likeness (QED) is 0.479. The number of ketones is 1. The van der Waals surface area contributed by atoms with Gasteiger partial charge in [-0.05, 0) is 31.4 Å². The molecular formula is C18H32O3S. The number of hydrogen-bond acceptors (Lipinski definition) is 3. The normalized spacial score (nSPS) is 21.4. The summed E-state index contributed by atoms with van der Waals surface area (Å²) in [6.07, 6.45) is 12.2. The number of carboxylic acid groups (broad SMARTS) is 1. The summed E-state index contributed by atoms with van der Waals surface area (Å²) < 4.78 is 0. The number of hydrogen-bond donors (Lipinski definition) is 1. The van der Waals surface area contributed by atoms with Crippen molar-refractivity contribution in [2.45, 2.75) is 89.2 Å². The molecule has 0 aromatic carbocycles. The molecule has 4 heteroatoms. The minimum absolute atomic E-state index is 0.274. The molecule has 0 aromatic rings. The molecule has 1 rings (SSSR count). The van der Waals surface area contributed by atoms with Gasteiger partial charge in [0.25, 0.3) is 0 Å². The molecule has 22 heavy (non-hydrogen) atoms. The lowest BCUT2D eigenvalue weighted by Gasteiger charge is -2.18. The van der Waals surface area contributed by atoms with Crippen LogP contribution >= 0.6 is 11.8 Å². The van der Waals surface area contributed by atoms with E-state index < -0.39 is 5.97 Å². The van der Waals surface area contributed by atoms with Crippen LogP contribution in [0, 0.1) is 5.92 Å². The first-order valence-electron chi connectivity index (χ1n) is 9.01. The van der Waals surface area contributed by atoms with E-state index in [1.54, 1.807) is 0 Å². The maximum atomic E-state index is 12.0. The summed E-state index contributed by atoms with van der Waals surface area (Å²) in [5.74, 6) is 1.24. The van der Waals surface area contributed by atoms with E-state index in [1.807, 2.05) is 11.8 Å². The molecule has 1 saturated carbocycles. The molecule has 0 aromatic heterocycles. The number of thioether (sulfide) groups is 1. The molecule has 0 heterocycles. The van der Waals surface area contributed by atoms with Crippen LogP contribution in [0.1, 0.15) is 84.0 Å². The SMILES string of the molecule is CCCCCCSC1CCC(=O)C1CCCCCCC(=O)O. The van der Waals surface area contributed by atoms with Crippen molar-refractivity contribution in [3.63, 3.8) is 0 Å². The molecule has 1 N–H and O–H groups in total. The summed E-state index contributed by atoms with van der Waals surface area (Å²) in [7, 11) is 0. The van der Waals surface area contributed by atoms with E-state index in [-0.39, 0.29) is 12.3 Å². The smallest absolute Gasteiger partial charge is 0.303 e. The summed E-state index contributed by atoms with van der Waals surface area (Å²) >= 11 is 2.02. The molecule has 0 amide bonds. The lowest BCUT2D eigenvalue weighted by Crippen LogP contribution is -2.17. The van der Waals surface area contributed by atoms with E-state index in [0.29, 0.717) is 11.0 Å². The van der Waals surface area contributed by atoms with Crippen molar-refractivity contribution in [2.75, 3.05) is 5.75 Å².